The SMILES string of the molecule is CCCCCCCCCCCCCCCCCC(N)c1cccc(CCC)c1CCC. The first-order valence-corrected chi connectivity index (χ1v) is 14.1. The van der Waals surface area contributed by atoms with Crippen LogP contribution in [0.15, 0.2) is 18.2 Å². The zero-order chi connectivity index (χ0) is 22.6. The number of aryl methyl sites for hydroxylation is 1. The third-order valence-corrected chi connectivity index (χ3v) is 6.85. The average molecular weight is 430 g/mol. The zero-order valence-corrected chi connectivity index (χ0v) is 21.5. The van der Waals surface area contributed by atoms with Crippen molar-refractivity contribution in [3.63, 3.8) is 0 Å². The van der Waals surface area contributed by atoms with Crippen molar-refractivity contribution in [1.29, 1.82) is 0 Å². The third kappa shape index (κ3) is 13.4. The van der Waals surface area contributed by atoms with Gasteiger partial charge < -0.3 is 5.73 Å². The monoisotopic (exact) mass is 429 g/mol. The molecule has 1 aromatic carbocycles. The van der Waals surface area contributed by atoms with Crippen molar-refractivity contribution in [3.8, 4) is 0 Å². The Hall–Kier alpha value is -0.820. The summed E-state index contributed by atoms with van der Waals surface area (Å²) < 4.78 is 0. The van der Waals surface area contributed by atoms with E-state index in [0.29, 0.717) is 0 Å². The molecule has 2 N–H and O–H groups in total. The number of hydrogen-bond acceptors (Lipinski definition) is 1. The maximum Gasteiger partial charge on any atom is 0.0297 e. The molecule has 0 amide bonds. The van der Waals surface area contributed by atoms with Crippen LogP contribution in [0.1, 0.15) is 159 Å². The molecule has 1 rings (SSSR count). The van der Waals surface area contributed by atoms with Crippen molar-refractivity contribution in [3.05, 3.63) is 34.9 Å². The standard InChI is InChI=1S/C30H55N/c1-4-7-8-9-10-11-12-13-14-15-16-17-18-19-20-26-30(31)29-25-21-24-27(22-5-2)28(29)23-6-3/h21,24-25,30H,4-20,22-23,26,31H2,1-3H3. The molecule has 0 aromatic heterocycles. The Morgan fingerprint density at radius 2 is 1.06 bits per heavy atom. The molecular formula is C30H55N. The van der Waals surface area contributed by atoms with Crippen LogP contribution in [0.5, 0.6) is 0 Å². The second-order valence-electron chi connectivity index (χ2n) is 9.83. The second kappa shape index (κ2) is 19.8. The van der Waals surface area contributed by atoms with E-state index in [1.807, 2.05) is 0 Å². The molecule has 31 heavy (non-hydrogen) atoms. The molecule has 1 atom stereocenters. The number of unbranched alkanes of at least 4 members (excludes halogenated alkanes) is 14. The summed E-state index contributed by atoms with van der Waals surface area (Å²) in [7, 11) is 0. The normalized spacial score (nSPS) is 12.4. The first-order chi connectivity index (χ1) is 15.2. The molecule has 0 aliphatic carbocycles. The third-order valence-electron chi connectivity index (χ3n) is 6.85. The van der Waals surface area contributed by atoms with Gasteiger partial charge in [-0.3, -0.25) is 0 Å². The van der Waals surface area contributed by atoms with Crippen LogP contribution in [0.2, 0.25) is 0 Å². The Kier molecular flexibility index (Phi) is 18.1. The topological polar surface area (TPSA) is 26.0 Å². The second-order valence-corrected chi connectivity index (χ2v) is 9.83. The summed E-state index contributed by atoms with van der Waals surface area (Å²) >= 11 is 0. The first kappa shape index (κ1) is 28.2. The molecule has 0 aliphatic rings. The minimum absolute atomic E-state index is 0.223. The Morgan fingerprint density at radius 1 is 0.581 bits per heavy atom. The van der Waals surface area contributed by atoms with Crippen molar-refractivity contribution in [2.75, 3.05) is 0 Å². The Bertz CT molecular complexity index is 521. The molecule has 0 heterocycles. The van der Waals surface area contributed by atoms with Gasteiger partial charge in [0.05, 0.1) is 0 Å². The van der Waals surface area contributed by atoms with Crippen LogP contribution in [-0.4, -0.2) is 0 Å². The van der Waals surface area contributed by atoms with E-state index in [-0.39, 0.29) is 6.04 Å². The molecule has 0 fully saturated rings. The van der Waals surface area contributed by atoms with Gasteiger partial charge in [-0.15, -0.1) is 0 Å². The molecule has 0 bridgehead atoms. The minimum Gasteiger partial charge on any atom is -0.324 e. The van der Waals surface area contributed by atoms with Gasteiger partial charge in [0.15, 0.2) is 0 Å². The van der Waals surface area contributed by atoms with Gasteiger partial charge in [-0.05, 0) is 36.0 Å². The summed E-state index contributed by atoms with van der Waals surface area (Å²) in [6.07, 6.45) is 27.3. The van der Waals surface area contributed by atoms with Crippen LogP contribution in [0.25, 0.3) is 0 Å². The fraction of sp³-hybridized carbons (Fsp3) is 0.800. The van der Waals surface area contributed by atoms with Gasteiger partial charge in [0, 0.05) is 6.04 Å². The van der Waals surface area contributed by atoms with E-state index in [1.54, 1.807) is 5.56 Å². The van der Waals surface area contributed by atoms with Crippen LogP contribution in [0.3, 0.4) is 0 Å². The molecule has 1 nitrogen and oxygen atoms in total. The summed E-state index contributed by atoms with van der Waals surface area (Å²) in [5.74, 6) is 0. The molecule has 1 aromatic rings. The van der Waals surface area contributed by atoms with E-state index in [2.05, 4.69) is 39.0 Å². The van der Waals surface area contributed by atoms with E-state index in [0.717, 1.165) is 6.42 Å². The van der Waals surface area contributed by atoms with Crippen molar-refractivity contribution in [1.82, 2.24) is 0 Å². The van der Waals surface area contributed by atoms with E-state index in [1.165, 1.54) is 133 Å². The summed E-state index contributed by atoms with van der Waals surface area (Å²) in [6.45, 7) is 6.86. The van der Waals surface area contributed by atoms with E-state index >= 15 is 0 Å². The summed E-state index contributed by atoms with van der Waals surface area (Å²) in [4.78, 5) is 0. The molecule has 0 saturated carbocycles. The highest BCUT2D eigenvalue weighted by Gasteiger charge is 2.13. The van der Waals surface area contributed by atoms with Crippen molar-refractivity contribution in [2.24, 2.45) is 5.73 Å². The lowest BCUT2D eigenvalue weighted by Gasteiger charge is -2.19. The zero-order valence-electron chi connectivity index (χ0n) is 21.5. The number of hydrogen-bond donors (Lipinski definition) is 1. The maximum atomic E-state index is 6.65. The van der Waals surface area contributed by atoms with Crippen molar-refractivity contribution in [2.45, 2.75) is 155 Å². The lowest BCUT2D eigenvalue weighted by molar-refractivity contribution is 0.518. The fourth-order valence-electron chi connectivity index (χ4n) is 4.95. The first-order valence-electron chi connectivity index (χ1n) is 14.1. The molecule has 180 valence electrons. The molecule has 0 radical (unpaired) electrons. The predicted octanol–water partition coefficient (Wildman–Crippen LogP) is 9.85. The van der Waals surface area contributed by atoms with Gasteiger partial charge in [0.2, 0.25) is 0 Å². The maximum absolute atomic E-state index is 6.65. The minimum atomic E-state index is 0.223. The van der Waals surface area contributed by atoms with Gasteiger partial charge in [-0.1, -0.05) is 148 Å². The van der Waals surface area contributed by atoms with Crippen LogP contribution < -0.4 is 5.73 Å². The van der Waals surface area contributed by atoms with Gasteiger partial charge >= 0.3 is 0 Å². The highest BCUT2D eigenvalue weighted by molar-refractivity contribution is 5.37. The van der Waals surface area contributed by atoms with Gasteiger partial charge in [0.25, 0.3) is 0 Å². The largest absolute Gasteiger partial charge is 0.324 e. The number of rotatable bonds is 21. The molecule has 0 saturated heterocycles. The lowest BCUT2D eigenvalue weighted by atomic mass is 9.89. The fourth-order valence-corrected chi connectivity index (χ4v) is 4.95. The number of benzene rings is 1. The molecule has 1 unspecified atom stereocenters. The molecule has 0 spiro atoms. The lowest BCUT2D eigenvalue weighted by Crippen LogP contribution is -2.14. The van der Waals surface area contributed by atoms with Gasteiger partial charge in [-0.2, -0.15) is 0 Å². The van der Waals surface area contributed by atoms with E-state index in [4.69, 9.17) is 5.73 Å². The van der Waals surface area contributed by atoms with Gasteiger partial charge in [-0.25, -0.2) is 0 Å². The molecule has 0 aliphatic heterocycles. The molecule has 1 heteroatoms. The quantitative estimate of drug-likeness (QED) is 0.193. The molecular weight excluding hydrogens is 374 g/mol. The van der Waals surface area contributed by atoms with Crippen LogP contribution in [0, 0.1) is 0 Å². The van der Waals surface area contributed by atoms with Crippen molar-refractivity contribution < 1.29 is 0 Å². The smallest absolute Gasteiger partial charge is 0.0297 e. The van der Waals surface area contributed by atoms with Gasteiger partial charge in [0.1, 0.15) is 0 Å². The van der Waals surface area contributed by atoms with Crippen LogP contribution in [-0.2, 0) is 12.8 Å². The number of nitrogens with two attached hydrogens (primary N) is 1. The Morgan fingerprint density at radius 3 is 1.55 bits per heavy atom. The Labute approximate surface area is 196 Å². The predicted molar refractivity (Wildman–Crippen MR) is 141 cm³/mol. The van der Waals surface area contributed by atoms with E-state index in [9.17, 15) is 0 Å². The summed E-state index contributed by atoms with van der Waals surface area (Å²) in [5.41, 5.74) is 11.2. The Balaban J connectivity index is 2.07. The summed E-state index contributed by atoms with van der Waals surface area (Å²) in [6, 6.07) is 7.06. The highest BCUT2D eigenvalue weighted by Crippen LogP contribution is 2.26. The van der Waals surface area contributed by atoms with Crippen LogP contribution >= 0.6 is 0 Å². The van der Waals surface area contributed by atoms with Crippen LogP contribution in [0.4, 0.5) is 0 Å². The van der Waals surface area contributed by atoms with Crippen molar-refractivity contribution >= 4 is 0 Å². The average Bonchev–Trinajstić information content (AvgIpc) is 2.77. The summed E-state index contributed by atoms with van der Waals surface area (Å²) in [5, 5.41) is 0. The highest BCUT2D eigenvalue weighted by atomic mass is 14.6. The van der Waals surface area contributed by atoms with E-state index < -0.39 is 0 Å².